The Bertz CT molecular complexity index is 403. The van der Waals surface area contributed by atoms with Crippen LogP contribution in [0.15, 0.2) is 18.3 Å². The Balaban J connectivity index is 2.63. The van der Waals surface area contributed by atoms with E-state index in [4.69, 9.17) is 5.11 Å². The van der Waals surface area contributed by atoms with E-state index in [0.717, 1.165) is 0 Å². The first-order chi connectivity index (χ1) is 8.04. The summed E-state index contributed by atoms with van der Waals surface area (Å²) < 4.78 is 0. The Morgan fingerprint density at radius 1 is 1.47 bits per heavy atom. The van der Waals surface area contributed by atoms with E-state index in [1.165, 1.54) is 18.3 Å². The zero-order chi connectivity index (χ0) is 12.8. The van der Waals surface area contributed by atoms with Crippen LogP contribution in [-0.2, 0) is 4.79 Å². The number of carbonyl (C=O) groups is 2. The molecule has 0 fully saturated rings. The molecule has 1 amide bonds. The maximum atomic E-state index is 11.4. The molecule has 0 radical (unpaired) electrons. The van der Waals surface area contributed by atoms with E-state index in [9.17, 15) is 9.59 Å². The number of hydrogen-bond acceptors (Lipinski definition) is 4. The smallest absolute Gasteiger partial charge is 0.337 e. The lowest BCUT2D eigenvalue weighted by atomic mass is 10.2. The number of rotatable bonds is 5. The number of amides is 1. The predicted octanol–water partition coefficient (Wildman–Crippen LogP) is 0.716. The molecule has 0 aromatic carbocycles. The highest BCUT2D eigenvalue weighted by Crippen LogP contribution is 2.06. The van der Waals surface area contributed by atoms with Crippen LogP contribution in [0.3, 0.4) is 0 Å². The highest BCUT2D eigenvalue weighted by atomic mass is 16.4. The summed E-state index contributed by atoms with van der Waals surface area (Å²) in [4.78, 5) is 25.9. The van der Waals surface area contributed by atoms with Gasteiger partial charge >= 0.3 is 5.97 Å². The van der Waals surface area contributed by atoms with Gasteiger partial charge in [0.25, 0.3) is 0 Å². The maximum Gasteiger partial charge on any atom is 0.337 e. The average Bonchev–Trinajstić information content (AvgIpc) is 2.30. The zero-order valence-corrected chi connectivity index (χ0v) is 9.73. The number of pyridine rings is 1. The summed E-state index contributed by atoms with van der Waals surface area (Å²) in [5.41, 5.74) is 0.112. The van der Waals surface area contributed by atoms with Gasteiger partial charge < -0.3 is 15.7 Å². The molecule has 0 saturated heterocycles. The molecule has 0 spiro atoms. The molecule has 0 bridgehead atoms. The molecule has 1 aromatic rings. The number of carboxylic acids is 1. The summed E-state index contributed by atoms with van der Waals surface area (Å²) in [5, 5.41) is 14.2. The second-order valence-electron chi connectivity index (χ2n) is 3.50. The molecule has 6 nitrogen and oxygen atoms in total. The summed E-state index contributed by atoms with van der Waals surface area (Å²) >= 11 is 0. The van der Waals surface area contributed by atoms with Crippen LogP contribution in [0, 0.1) is 0 Å². The van der Waals surface area contributed by atoms with Crippen molar-refractivity contribution in [2.75, 3.05) is 11.9 Å². The molecule has 1 heterocycles. The van der Waals surface area contributed by atoms with Gasteiger partial charge in [0.05, 0.1) is 5.56 Å². The van der Waals surface area contributed by atoms with Gasteiger partial charge in [0, 0.05) is 12.7 Å². The van der Waals surface area contributed by atoms with Gasteiger partial charge in [-0.15, -0.1) is 0 Å². The van der Waals surface area contributed by atoms with Crippen LogP contribution in [0.1, 0.15) is 24.2 Å². The van der Waals surface area contributed by atoms with Gasteiger partial charge in [-0.1, -0.05) is 0 Å². The summed E-state index contributed by atoms with van der Waals surface area (Å²) in [6, 6.07) is 2.54. The lowest BCUT2D eigenvalue weighted by Gasteiger charge is -2.13. The van der Waals surface area contributed by atoms with E-state index in [0.29, 0.717) is 12.4 Å². The van der Waals surface area contributed by atoms with Crippen molar-refractivity contribution in [1.82, 2.24) is 10.3 Å². The van der Waals surface area contributed by atoms with Crippen LogP contribution in [0.4, 0.5) is 5.82 Å². The summed E-state index contributed by atoms with van der Waals surface area (Å²) in [7, 11) is 0. The van der Waals surface area contributed by atoms with Crippen molar-refractivity contribution < 1.29 is 14.7 Å². The summed E-state index contributed by atoms with van der Waals surface area (Å²) in [5.74, 6) is -0.689. The number of nitrogens with zero attached hydrogens (tertiary/aromatic N) is 1. The lowest BCUT2D eigenvalue weighted by molar-refractivity contribution is -0.121. The van der Waals surface area contributed by atoms with Gasteiger partial charge in [-0.3, -0.25) is 4.79 Å². The minimum atomic E-state index is -1.03. The first-order valence-electron chi connectivity index (χ1n) is 5.28. The molecule has 0 saturated carbocycles. The van der Waals surface area contributed by atoms with E-state index >= 15 is 0 Å². The van der Waals surface area contributed by atoms with Gasteiger partial charge in [-0.05, 0) is 26.0 Å². The molecular formula is C11H15N3O3. The third kappa shape index (κ3) is 3.75. The van der Waals surface area contributed by atoms with E-state index in [2.05, 4.69) is 15.6 Å². The Labute approximate surface area is 99.1 Å². The van der Waals surface area contributed by atoms with Crippen LogP contribution in [-0.4, -0.2) is 34.6 Å². The Morgan fingerprint density at radius 2 is 2.18 bits per heavy atom. The van der Waals surface area contributed by atoms with Crippen LogP contribution in [0.2, 0.25) is 0 Å². The lowest BCUT2D eigenvalue weighted by Crippen LogP contribution is -2.37. The van der Waals surface area contributed by atoms with Crippen molar-refractivity contribution in [3.05, 3.63) is 23.9 Å². The van der Waals surface area contributed by atoms with Crippen molar-refractivity contribution in [2.45, 2.75) is 19.9 Å². The molecular weight excluding hydrogens is 222 g/mol. The first-order valence-corrected chi connectivity index (χ1v) is 5.28. The number of nitrogens with one attached hydrogen (secondary N) is 2. The fraction of sp³-hybridized carbons (Fsp3) is 0.364. The fourth-order valence-corrected chi connectivity index (χ4v) is 1.22. The molecule has 6 heteroatoms. The number of carboxylic acid groups (broad SMARTS) is 1. The maximum absolute atomic E-state index is 11.4. The van der Waals surface area contributed by atoms with Crippen LogP contribution in [0.25, 0.3) is 0 Å². The van der Waals surface area contributed by atoms with Gasteiger partial charge in [0.2, 0.25) is 5.91 Å². The van der Waals surface area contributed by atoms with Gasteiger partial charge in [0.15, 0.2) is 0 Å². The third-order valence-corrected chi connectivity index (χ3v) is 2.12. The largest absolute Gasteiger partial charge is 0.478 e. The molecule has 0 aliphatic heterocycles. The first kappa shape index (κ1) is 13.0. The molecule has 1 aromatic heterocycles. The van der Waals surface area contributed by atoms with E-state index in [-0.39, 0.29) is 11.5 Å². The Morgan fingerprint density at radius 3 is 2.65 bits per heavy atom. The highest BCUT2D eigenvalue weighted by Gasteiger charge is 2.12. The fourth-order valence-electron chi connectivity index (χ4n) is 1.22. The Hall–Kier alpha value is -2.11. The zero-order valence-electron chi connectivity index (χ0n) is 9.73. The minimum absolute atomic E-state index is 0.112. The average molecular weight is 237 g/mol. The third-order valence-electron chi connectivity index (χ3n) is 2.12. The molecule has 0 aliphatic carbocycles. The molecule has 1 rings (SSSR count). The summed E-state index contributed by atoms with van der Waals surface area (Å²) in [6.07, 6.45) is 1.25. The molecule has 17 heavy (non-hydrogen) atoms. The molecule has 0 aliphatic rings. The van der Waals surface area contributed by atoms with Crippen molar-refractivity contribution in [1.29, 1.82) is 0 Å². The number of carbonyl (C=O) groups excluding carboxylic acids is 1. The predicted molar refractivity (Wildman–Crippen MR) is 63.0 cm³/mol. The standard InChI is InChI=1S/C11H15N3O3/c1-3-12-10(15)7(2)14-9-5-4-8(6-13-9)11(16)17/h4-7H,3H2,1-2H3,(H,12,15)(H,13,14)(H,16,17). The number of aromatic carboxylic acids is 1. The molecule has 1 unspecified atom stereocenters. The SMILES string of the molecule is CCNC(=O)C(C)Nc1ccc(C(=O)O)cn1. The van der Waals surface area contributed by atoms with Crippen LogP contribution in [0.5, 0.6) is 0 Å². The van der Waals surface area contributed by atoms with Gasteiger partial charge in [0.1, 0.15) is 11.9 Å². The van der Waals surface area contributed by atoms with Gasteiger partial charge in [-0.2, -0.15) is 0 Å². The van der Waals surface area contributed by atoms with Crippen LogP contribution < -0.4 is 10.6 Å². The van der Waals surface area contributed by atoms with Crippen molar-refractivity contribution >= 4 is 17.7 Å². The monoisotopic (exact) mass is 237 g/mol. The van der Waals surface area contributed by atoms with E-state index in [1.807, 2.05) is 6.92 Å². The van der Waals surface area contributed by atoms with Crippen molar-refractivity contribution in [3.8, 4) is 0 Å². The molecule has 92 valence electrons. The second-order valence-corrected chi connectivity index (χ2v) is 3.50. The minimum Gasteiger partial charge on any atom is -0.478 e. The molecule has 1 atom stereocenters. The topological polar surface area (TPSA) is 91.3 Å². The van der Waals surface area contributed by atoms with Crippen molar-refractivity contribution in [3.63, 3.8) is 0 Å². The number of hydrogen-bond donors (Lipinski definition) is 3. The summed E-state index contributed by atoms with van der Waals surface area (Å²) in [6.45, 7) is 4.11. The number of anilines is 1. The van der Waals surface area contributed by atoms with Crippen molar-refractivity contribution in [2.24, 2.45) is 0 Å². The highest BCUT2D eigenvalue weighted by molar-refractivity contribution is 5.87. The molecule has 3 N–H and O–H groups in total. The van der Waals surface area contributed by atoms with Crippen LogP contribution >= 0.6 is 0 Å². The normalized spacial score (nSPS) is 11.6. The Kier molecular flexibility index (Phi) is 4.45. The van der Waals surface area contributed by atoms with E-state index < -0.39 is 12.0 Å². The van der Waals surface area contributed by atoms with Gasteiger partial charge in [-0.25, -0.2) is 9.78 Å². The quantitative estimate of drug-likeness (QED) is 0.701. The number of likely N-dealkylation sites (N-methyl/N-ethyl adjacent to an activating group) is 1. The van der Waals surface area contributed by atoms with E-state index in [1.54, 1.807) is 6.92 Å². The number of aromatic nitrogens is 1. The second kappa shape index (κ2) is 5.83.